The number of allylic oxidation sites excluding steroid dienone is 1. The number of imide groups is 1. The topological polar surface area (TPSA) is 84.9 Å². The van der Waals surface area contributed by atoms with Gasteiger partial charge in [0.25, 0.3) is 0 Å². The lowest BCUT2D eigenvalue weighted by molar-refractivity contribution is -0.157. The second-order valence-corrected chi connectivity index (χ2v) is 12.9. The molecule has 0 aromatic rings. The van der Waals surface area contributed by atoms with E-state index in [0.29, 0.717) is 24.7 Å². The second-order valence-electron chi connectivity index (χ2n) is 12.9. The van der Waals surface area contributed by atoms with Crippen LogP contribution >= 0.6 is 0 Å². The molecule has 36 heavy (non-hydrogen) atoms. The molecule has 6 rings (SSSR count). The largest absolute Gasteiger partial charge is 0.445 e. The third-order valence-corrected chi connectivity index (χ3v) is 11.5. The van der Waals surface area contributed by atoms with Crippen molar-refractivity contribution < 1.29 is 28.2 Å². The van der Waals surface area contributed by atoms with E-state index in [4.69, 9.17) is 9.47 Å². The van der Waals surface area contributed by atoms with E-state index >= 15 is 0 Å². The molecule has 0 aromatic carbocycles. The van der Waals surface area contributed by atoms with Crippen LogP contribution in [0.4, 0.5) is 9.18 Å². The van der Waals surface area contributed by atoms with Gasteiger partial charge in [-0.25, -0.2) is 9.18 Å². The molecule has 1 N–H and O–H groups in total. The summed E-state index contributed by atoms with van der Waals surface area (Å²) in [7, 11) is 1.74. The van der Waals surface area contributed by atoms with Crippen LogP contribution in [0.2, 0.25) is 0 Å². The van der Waals surface area contributed by atoms with Crippen LogP contribution in [-0.2, 0) is 19.1 Å². The highest BCUT2D eigenvalue weighted by Crippen LogP contribution is 2.78. The molecule has 0 aromatic heterocycles. The Hall–Kier alpha value is -1.80. The van der Waals surface area contributed by atoms with Crippen molar-refractivity contribution in [3.05, 3.63) is 12.4 Å². The number of carbonyl (C=O) groups excluding carboxylic acids is 3. The number of ketones is 1. The van der Waals surface area contributed by atoms with Crippen molar-refractivity contribution in [1.82, 2.24) is 10.2 Å². The molecule has 198 valence electrons. The van der Waals surface area contributed by atoms with E-state index < -0.39 is 17.6 Å². The lowest BCUT2D eigenvalue weighted by Crippen LogP contribution is -2.57. The van der Waals surface area contributed by atoms with Crippen molar-refractivity contribution in [3.8, 4) is 0 Å². The second kappa shape index (κ2) is 8.35. The number of ether oxygens (including phenoxy) is 2. The quantitative estimate of drug-likeness (QED) is 0.628. The summed E-state index contributed by atoms with van der Waals surface area (Å²) in [5, 5.41) is 2.53. The molecule has 6 aliphatic rings. The molecule has 0 radical (unpaired) electrons. The van der Waals surface area contributed by atoms with E-state index in [2.05, 4.69) is 10.2 Å². The molecule has 11 atom stereocenters. The van der Waals surface area contributed by atoms with Crippen molar-refractivity contribution in [3.63, 3.8) is 0 Å². The summed E-state index contributed by atoms with van der Waals surface area (Å²) >= 11 is 0. The highest BCUT2D eigenvalue weighted by Gasteiger charge is 2.77. The molecule has 1 spiro atoms. The Morgan fingerprint density at radius 1 is 1.17 bits per heavy atom. The Morgan fingerprint density at radius 2 is 1.94 bits per heavy atom. The van der Waals surface area contributed by atoms with Gasteiger partial charge < -0.3 is 14.4 Å². The third kappa shape index (κ3) is 3.32. The first-order valence-corrected chi connectivity index (χ1v) is 13.8. The summed E-state index contributed by atoms with van der Waals surface area (Å²) in [6.45, 7) is 6.41. The van der Waals surface area contributed by atoms with Gasteiger partial charge in [-0.2, -0.15) is 0 Å². The first-order chi connectivity index (χ1) is 17.2. The van der Waals surface area contributed by atoms with E-state index in [1.54, 1.807) is 14.0 Å². The van der Waals surface area contributed by atoms with Gasteiger partial charge in [-0.15, -0.1) is 0 Å². The zero-order chi connectivity index (χ0) is 25.5. The molecule has 2 saturated heterocycles. The van der Waals surface area contributed by atoms with E-state index in [0.717, 1.165) is 51.6 Å². The summed E-state index contributed by atoms with van der Waals surface area (Å²) < 4.78 is 25.8. The normalized spacial score (nSPS) is 50.8. The standard InChI is InChI=1S/C28H39FN2O5/c1-16-23(32)26(2,9-10-29)13-21(36-25(34)30-24(33)19-15-31-11-6-17(19)14-31)28-12-18(28)4-7-27(16)8-5-20(35-3)22(27)28/h9-10,16-22H,4-8,11-15H2,1-3H3,(H,30,33,34)/b10-9-/t16-,17+,18-,19-,20+,21+,22?,26+,27?,28-/m0/s1. The summed E-state index contributed by atoms with van der Waals surface area (Å²) in [6, 6.07) is 0. The zero-order valence-electron chi connectivity index (χ0n) is 21.6. The van der Waals surface area contributed by atoms with Gasteiger partial charge in [-0.05, 0) is 75.3 Å². The molecular formula is C28H39FN2O5. The molecule has 4 aliphatic carbocycles. The van der Waals surface area contributed by atoms with Gasteiger partial charge in [0.05, 0.1) is 23.8 Å². The number of piperidine rings is 1. The number of amides is 2. The molecular weight excluding hydrogens is 463 g/mol. The first-order valence-electron chi connectivity index (χ1n) is 13.8. The zero-order valence-corrected chi connectivity index (χ0v) is 21.6. The van der Waals surface area contributed by atoms with Crippen molar-refractivity contribution >= 4 is 17.8 Å². The number of Topliss-reactive ketones (excluding diaryl/α,β-unsaturated/α-hetero) is 1. The number of halogens is 1. The SMILES string of the molecule is CO[C@@H]1CCC23CC[C@H]4C[C@@]4(C12)[C@H](OC(=O)NC(=O)[C@H]1CN2CC[C@@H]1C2)C[C@@](C)(/C=C\F)C(=O)[C@@H]3C. The highest BCUT2D eigenvalue weighted by atomic mass is 19.1. The van der Waals surface area contributed by atoms with Crippen molar-refractivity contribution in [2.45, 2.75) is 71.0 Å². The van der Waals surface area contributed by atoms with Crippen LogP contribution in [0.5, 0.6) is 0 Å². The fourth-order valence-corrected chi connectivity index (χ4v) is 9.68. The van der Waals surface area contributed by atoms with E-state index in [1.165, 1.54) is 6.08 Å². The van der Waals surface area contributed by atoms with Gasteiger partial charge in [0, 0.05) is 43.9 Å². The van der Waals surface area contributed by atoms with Gasteiger partial charge in [-0.3, -0.25) is 14.9 Å². The molecule has 3 unspecified atom stereocenters. The number of hydrogen-bond donors (Lipinski definition) is 1. The van der Waals surface area contributed by atoms with Crippen LogP contribution in [0, 0.1) is 45.8 Å². The fraction of sp³-hybridized carbons (Fsp3) is 0.821. The maximum absolute atomic E-state index is 13.9. The maximum atomic E-state index is 13.9. The number of alkyl carbamates (subject to hydrolysis) is 1. The van der Waals surface area contributed by atoms with Gasteiger partial charge in [-0.1, -0.05) is 6.92 Å². The average molecular weight is 503 g/mol. The lowest BCUT2D eigenvalue weighted by atomic mass is 9.50. The van der Waals surface area contributed by atoms with E-state index in [-0.39, 0.29) is 52.8 Å². The number of fused-ring (bicyclic) bond motifs is 2. The maximum Gasteiger partial charge on any atom is 0.414 e. The molecule has 2 amide bonds. The number of nitrogens with zero attached hydrogens (tertiary/aromatic N) is 1. The minimum Gasteiger partial charge on any atom is -0.445 e. The Kier molecular flexibility index (Phi) is 5.69. The first kappa shape index (κ1) is 24.5. The molecule has 2 aliphatic heterocycles. The number of methoxy groups -OCH3 is 1. The predicted octanol–water partition coefficient (Wildman–Crippen LogP) is 3.87. The molecule has 4 saturated carbocycles. The van der Waals surface area contributed by atoms with Crippen LogP contribution in [0.3, 0.4) is 0 Å². The van der Waals surface area contributed by atoms with Gasteiger partial charge in [0.2, 0.25) is 5.91 Å². The van der Waals surface area contributed by atoms with Crippen LogP contribution in [0.15, 0.2) is 12.4 Å². The Morgan fingerprint density at radius 3 is 2.61 bits per heavy atom. The molecule has 6 fully saturated rings. The van der Waals surface area contributed by atoms with Crippen molar-refractivity contribution in [1.29, 1.82) is 0 Å². The van der Waals surface area contributed by atoms with Crippen LogP contribution in [0.1, 0.15) is 58.8 Å². The Bertz CT molecular complexity index is 1000. The van der Waals surface area contributed by atoms with Gasteiger partial charge >= 0.3 is 6.09 Å². The number of hydrogen-bond acceptors (Lipinski definition) is 6. The van der Waals surface area contributed by atoms with E-state index in [9.17, 15) is 18.8 Å². The molecule has 7 nitrogen and oxygen atoms in total. The minimum absolute atomic E-state index is 0.00510. The number of rotatable bonds is 4. The Balaban J connectivity index is 1.31. The van der Waals surface area contributed by atoms with Crippen molar-refractivity contribution in [2.75, 3.05) is 26.7 Å². The van der Waals surface area contributed by atoms with Crippen LogP contribution < -0.4 is 5.32 Å². The lowest BCUT2D eigenvalue weighted by Gasteiger charge is -2.54. The third-order valence-electron chi connectivity index (χ3n) is 11.5. The number of nitrogens with one attached hydrogen (secondary N) is 1. The highest BCUT2D eigenvalue weighted by molar-refractivity contribution is 5.94. The van der Waals surface area contributed by atoms with Gasteiger partial charge in [0.15, 0.2) is 0 Å². The molecule has 8 heteroatoms. The average Bonchev–Trinajstić information content (AvgIpc) is 3.17. The van der Waals surface area contributed by atoms with Crippen molar-refractivity contribution in [2.24, 2.45) is 45.8 Å². The summed E-state index contributed by atoms with van der Waals surface area (Å²) in [6.07, 6.45) is 6.32. The van der Waals surface area contributed by atoms with E-state index in [1.807, 2.05) is 6.92 Å². The summed E-state index contributed by atoms with van der Waals surface area (Å²) in [5.74, 6) is 0.110. The minimum atomic E-state index is -1.08. The van der Waals surface area contributed by atoms with Gasteiger partial charge in [0.1, 0.15) is 11.9 Å². The smallest absolute Gasteiger partial charge is 0.414 e. The van der Waals surface area contributed by atoms with Crippen LogP contribution in [-0.4, -0.2) is 61.6 Å². The molecule has 4 bridgehead atoms. The monoisotopic (exact) mass is 502 g/mol. The van der Waals surface area contributed by atoms with Crippen LogP contribution in [0.25, 0.3) is 0 Å². The Labute approximate surface area is 212 Å². The molecule has 2 heterocycles. The summed E-state index contributed by atoms with van der Waals surface area (Å²) in [5.41, 5.74) is -1.61. The summed E-state index contributed by atoms with van der Waals surface area (Å²) in [4.78, 5) is 42.3. The number of carbonyl (C=O) groups is 3. The predicted molar refractivity (Wildman–Crippen MR) is 129 cm³/mol. The fourth-order valence-electron chi connectivity index (χ4n) is 9.68.